The zero-order valence-electron chi connectivity index (χ0n) is 9.05. The van der Waals surface area contributed by atoms with Gasteiger partial charge in [0.15, 0.2) is 0 Å². The summed E-state index contributed by atoms with van der Waals surface area (Å²) in [5.41, 5.74) is -0.107. The highest BCUT2D eigenvalue weighted by atomic mass is 79.9. The molecule has 0 radical (unpaired) electrons. The molecule has 0 aromatic carbocycles. The summed E-state index contributed by atoms with van der Waals surface area (Å²) in [6.07, 6.45) is 1.89. The number of nitrogens with one attached hydrogen (secondary N) is 1. The normalized spacial score (nSPS) is 14.6. The predicted molar refractivity (Wildman–Crippen MR) is 68.9 cm³/mol. The third-order valence-corrected chi connectivity index (χ3v) is 3.85. The first-order valence-electron chi connectivity index (χ1n) is 5.03. The topological polar surface area (TPSA) is 29.1 Å². The smallest absolute Gasteiger partial charge is 0.261 e. The van der Waals surface area contributed by atoms with Crippen molar-refractivity contribution in [2.75, 3.05) is 5.33 Å². The molecule has 0 saturated heterocycles. The molecule has 0 aliphatic heterocycles. The zero-order valence-corrected chi connectivity index (χ0v) is 11.5. The lowest BCUT2D eigenvalue weighted by molar-refractivity contribution is 0.0906. The number of rotatable bonds is 5. The fourth-order valence-corrected chi connectivity index (χ4v) is 2.77. The second kappa shape index (κ2) is 5.66. The molecule has 1 heterocycles. The molecule has 1 N–H and O–H groups in total. The molecule has 1 aromatic rings. The largest absolute Gasteiger partial charge is 0.346 e. The number of carbonyl (C=O) groups is 1. The monoisotopic (exact) mass is 289 g/mol. The molecule has 4 heteroatoms. The summed E-state index contributed by atoms with van der Waals surface area (Å²) < 4.78 is 0. The Hall–Kier alpha value is -0.350. The Kier molecular flexibility index (Phi) is 4.80. The second-order valence-corrected chi connectivity index (χ2v) is 5.53. The van der Waals surface area contributed by atoms with Gasteiger partial charge in [-0.3, -0.25) is 4.79 Å². The minimum absolute atomic E-state index is 0.0373. The van der Waals surface area contributed by atoms with Crippen molar-refractivity contribution in [2.45, 2.75) is 32.2 Å². The Morgan fingerprint density at radius 1 is 1.67 bits per heavy atom. The molecule has 0 fully saturated rings. The fourth-order valence-electron chi connectivity index (χ4n) is 1.28. The Morgan fingerprint density at radius 2 is 2.40 bits per heavy atom. The number of carbonyl (C=O) groups excluding carboxylic acids is 1. The Balaban J connectivity index is 2.63. The standard InChI is InChI=1S/C11H16BrNOS/c1-3-11(2,6-7-12)13-10(14)9-5-4-8-15-9/h4-5,8H,3,6-7H2,1-2H3,(H,13,14). The molecule has 1 atom stereocenters. The van der Waals surface area contributed by atoms with E-state index >= 15 is 0 Å². The van der Waals surface area contributed by atoms with E-state index in [0.717, 1.165) is 23.0 Å². The van der Waals surface area contributed by atoms with E-state index in [-0.39, 0.29) is 11.4 Å². The minimum Gasteiger partial charge on any atom is -0.346 e. The van der Waals surface area contributed by atoms with Crippen LogP contribution in [0.1, 0.15) is 36.4 Å². The molecular weight excluding hydrogens is 274 g/mol. The average Bonchev–Trinajstić information content (AvgIpc) is 2.71. The first-order chi connectivity index (χ1) is 7.11. The Bertz CT molecular complexity index is 312. The maximum absolute atomic E-state index is 11.8. The van der Waals surface area contributed by atoms with Crippen molar-refractivity contribution in [2.24, 2.45) is 0 Å². The molecule has 0 saturated carbocycles. The van der Waals surface area contributed by atoms with Gasteiger partial charge in [-0.2, -0.15) is 0 Å². The van der Waals surface area contributed by atoms with E-state index in [1.807, 2.05) is 17.5 Å². The van der Waals surface area contributed by atoms with Crippen LogP contribution in [0.2, 0.25) is 0 Å². The van der Waals surface area contributed by atoms with Crippen LogP contribution in [0, 0.1) is 0 Å². The van der Waals surface area contributed by atoms with Crippen LogP contribution in [-0.4, -0.2) is 16.8 Å². The van der Waals surface area contributed by atoms with Crippen molar-refractivity contribution in [1.29, 1.82) is 0 Å². The van der Waals surface area contributed by atoms with E-state index in [1.54, 1.807) is 0 Å². The first-order valence-corrected chi connectivity index (χ1v) is 7.03. The number of thiophene rings is 1. The highest BCUT2D eigenvalue weighted by Gasteiger charge is 2.24. The summed E-state index contributed by atoms with van der Waals surface area (Å²) in [5, 5.41) is 5.91. The van der Waals surface area contributed by atoms with Gasteiger partial charge in [-0.15, -0.1) is 11.3 Å². The molecule has 84 valence electrons. The summed E-state index contributed by atoms with van der Waals surface area (Å²) in [6.45, 7) is 4.18. The van der Waals surface area contributed by atoms with E-state index in [4.69, 9.17) is 0 Å². The number of hydrogen-bond acceptors (Lipinski definition) is 2. The van der Waals surface area contributed by atoms with Crippen LogP contribution in [-0.2, 0) is 0 Å². The summed E-state index contributed by atoms with van der Waals surface area (Å²) in [4.78, 5) is 12.6. The molecule has 1 amide bonds. The highest BCUT2D eigenvalue weighted by molar-refractivity contribution is 9.09. The van der Waals surface area contributed by atoms with Crippen molar-refractivity contribution in [3.63, 3.8) is 0 Å². The Morgan fingerprint density at radius 3 is 2.87 bits per heavy atom. The van der Waals surface area contributed by atoms with Gasteiger partial charge >= 0.3 is 0 Å². The lowest BCUT2D eigenvalue weighted by Gasteiger charge is -2.28. The number of alkyl halides is 1. The van der Waals surface area contributed by atoms with Gasteiger partial charge in [0.2, 0.25) is 0 Å². The molecule has 0 aliphatic carbocycles. The molecule has 0 bridgehead atoms. The van der Waals surface area contributed by atoms with Crippen LogP contribution in [0.25, 0.3) is 0 Å². The molecule has 0 aliphatic rings. The quantitative estimate of drug-likeness (QED) is 0.827. The summed E-state index contributed by atoms with van der Waals surface area (Å²) in [5.74, 6) is 0.0373. The van der Waals surface area contributed by atoms with Crippen LogP contribution >= 0.6 is 27.3 Å². The van der Waals surface area contributed by atoms with Crippen molar-refractivity contribution in [3.8, 4) is 0 Å². The van der Waals surface area contributed by atoms with Crippen LogP contribution < -0.4 is 5.32 Å². The first kappa shape index (κ1) is 12.7. The van der Waals surface area contributed by atoms with Gasteiger partial charge in [-0.25, -0.2) is 0 Å². The lowest BCUT2D eigenvalue weighted by Crippen LogP contribution is -2.45. The minimum atomic E-state index is -0.107. The summed E-state index contributed by atoms with van der Waals surface area (Å²) in [6, 6.07) is 3.75. The third-order valence-electron chi connectivity index (χ3n) is 2.59. The van der Waals surface area contributed by atoms with E-state index in [0.29, 0.717) is 0 Å². The van der Waals surface area contributed by atoms with Gasteiger partial charge in [0.25, 0.3) is 5.91 Å². The molecule has 0 spiro atoms. The van der Waals surface area contributed by atoms with Gasteiger partial charge in [0.05, 0.1) is 4.88 Å². The van der Waals surface area contributed by atoms with Gasteiger partial charge in [-0.05, 0) is 31.2 Å². The van der Waals surface area contributed by atoms with Gasteiger partial charge in [0, 0.05) is 10.9 Å². The van der Waals surface area contributed by atoms with Gasteiger partial charge < -0.3 is 5.32 Å². The van der Waals surface area contributed by atoms with Crippen molar-refractivity contribution in [1.82, 2.24) is 5.32 Å². The fraction of sp³-hybridized carbons (Fsp3) is 0.545. The summed E-state index contributed by atoms with van der Waals surface area (Å²) in [7, 11) is 0. The molecule has 1 unspecified atom stereocenters. The van der Waals surface area contributed by atoms with E-state index < -0.39 is 0 Å². The third kappa shape index (κ3) is 3.61. The highest BCUT2D eigenvalue weighted by Crippen LogP contribution is 2.18. The van der Waals surface area contributed by atoms with E-state index in [1.165, 1.54) is 11.3 Å². The van der Waals surface area contributed by atoms with E-state index in [9.17, 15) is 4.79 Å². The molecule has 1 rings (SSSR count). The SMILES string of the molecule is CCC(C)(CCBr)NC(=O)c1cccs1. The molecule has 15 heavy (non-hydrogen) atoms. The van der Waals surface area contributed by atoms with E-state index in [2.05, 4.69) is 35.1 Å². The van der Waals surface area contributed by atoms with Crippen molar-refractivity contribution in [3.05, 3.63) is 22.4 Å². The maximum atomic E-state index is 11.8. The number of halogens is 1. The van der Waals surface area contributed by atoms with Gasteiger partial charge in [0.1, 0.15) is 0 Å². The van der Waals surface area contributed by atoms with Gasteiger partial charge in [-0.1, -0.05) is 28.9 Å². The zero-order chi connectivity index (χ0) is 11.3. The van der Waals surface area contributed by atoms with Crippen LogP contribution in [0.15, 0.2) is 17.5 Å². The molecular formula is C11H16BrNOS. The van der Waals surface area contributed by atoms with Crippen molar-refractivity contribution >= 4 is 33.2 Å². The average molecular weight is 290 g/mol. The molecule has 1 aromatic heterocycles. The van der Waals surface area contributed by atoms with Crippen LogP contribution in [0.3, 0.4) is 0 Å². The molecule has 2 nitrogen and oxygen atoms in total. The predicted octanol–water partition coefficient (Wildman–Crippen LogP) is 3.43. The van der Waals surface area contributed by atoms with Crippen LogP contribution in [0.5, 0.6) is 0 Å². The maximum Gasteiger partial charge on any atom is 0.261 e. The number of hydrogen-bond donors (Lipinski definition) is 1. The Labute approximate surface area is 103 Å². The number of amides is 1. The van der Waals surface area contributed by atoms with Crippen molar-refractivity contribution < 1.29 is 4.79 Å². The second-order valence-electron chi connectivity index (χ2n) is 3.78. The van der Waals surface area contributed by atoms with Crippen LogP contribution in [0.4, 0.5) is 0 Å². The summed E-state index contributed by atoms with van der Waals surface area (Å²) >= 11 is 4.89. The lowest BCUT2D eigenvalue weighted by atomic mass is 9.95.